The molecule has 3 rings (SSSR count). The second-order valence-corrected chi connectivity index (χ2v) is 6.09. The van der Waals surface area contributed by atoms with Crippen molar-refractivity contribution in [2.24, 2.45) is 5.73 Å². The zero-order chi connectivity index (χ0) is 21.7. The van der Waals surface area contributed by atoms with E-state index in [-0.39, 0.29) is 23.7 Å². The van der Waals surface area contributed by atoms with Gasteiger partial charge in [0.15, 0.2) is 0 Å². The van der Waals surface area contributed by atoms with E-state index in [1.807, 2.05) is 0 Å². The van der Waals surface area contributed by atoms with Crippen molar-refractivity contribution in [1.82, 2.24) is 15.0 Å². The molecule has 0 fully saturated rings. The van der Waals surface area contributed by atoms with E-state index in [0.29, 0.717) is 11.1 Å². The maximum absolute atomic E-state index is 13.3. The van der Waals surface area contributed by atoms with Gasteiger partial charge in [0.1, 0.15) is 0 Å². The van der Waals surface area contributed by atoms with Gasteiger partial charge in [0.2, 0.25) is 5.95 Å². The lowest BCUT2D eigenvalue weighted by Crippen LogP contribution is -2.36. The van der Waals surface area contributed by atoms with E-state index < -0.39 is 17.8 Å². The number of carbonyl (C=O) groups is 1. The van der Waals surface area contributed by atoms with Crippen LogP contribution in [0.1, 0.15) is 22.3 Å². The number of alkyl halides is 3. The molecule has 1 aromatic carbocycles. The summed E-state index contributed by atoms with van der Waals surface area (Å²) in [4.78, 5) is 24.6. The Morgan fingerprint density at radius 1 is 1.03 bits per heavy atom. The number of hydrogen-bond donors (Lipinski definition) is 2. The average Bonchev–Trinajstić information content (AvgIpc) is 2.71. The van der Waals surface area contributed by atoms with Crippen LogP contribution in [0.2, 0.25) is 0 Å². The van der Waals surface area contributed by atoms with E-state index in [9.17, 15) is 18.0 Å². The largest absolute Gasteiger partial charge is 0.416 e. The van der Waals surface area contributed by atoms with Gasteiger partial charge in [0, 0.05) is 24.2 Å². The maximum Gasteiger partial charge on any atom is 0.416 e. The molecule has 0 spiro atoms. The van der Waals surface area contributed by atoms with Crippen molar-refractivity contribution in [3.8, 4) is 11.8 Å². The number of rotatable bonds is 3. The van der Waals surface area contributed by atoms with Crippen molar-refractivity contribution in [1.29, 1.82) is 0 Å². The van der Waals surface area contributed by atoms with Gasteiger partial charge in [-0.2, -0.15) is 13.2 Å². The molecule has 0 radical (unpaired) electrons. The minimum atomic E-state index is -4.56. The van der Waals surface area contributed by atoms with Crippen molar-refractivity contribution < 1.29 is 18.0 Å². The number of aromatic nitrogens is 3. The van der Waals surface area contributed by atoms with Crippen LogP contribution in [-0.2, 0) is 12.7 Å². The lowest BCUT2D eigenvalue weighted by molar-refractivity contribution is -0.138. The fraction of sp³-hybridized carbons (Fsp3) is 0.100. The van der Waals surface area contributed by atoms with E-state index in [0.717, 1.165) is 11.0 Å². The van der Waals surface area contributed by atoms with Crippen molar-refractivity contribution in [3.05, 3.63) is 77.4 Å². The zero-order valence-corrected chi connectivity index (χ0v) is 15.4. The predicted octanol–water partition coefficient (Wildman–Crippen LogP) is 2.96. The van der Waals surface area contributed by atoms with Crippen molar-refractivity contribution in [3.63, 3.8) is 0 Å². The highest BCUT2D eigenvalue weighted by molar-refractivity contribution is 5.90. The Hall–Kier alpha value is -4.13. The van der Waals surface area contributed by atoms with Crippen LogP contribution in [0, 0.1) is 11.8 Å². The summed E-state index contributed by atoms with van der Waals surface area (Å²) in [5.74, 6) is 5.74. The third-order valence-electron chi connectivity index (χ3n) is 3.98. The van der Waals surface area contributed by atoms with Gasteiger partial charge in [-0.05, 0) is 17.7 Å². The number of hydrogen-bond acceptors (Lipinski definition) is 5. The number of nitrogens with two attached hydrogens (primary N) is 2. The number of halogens is 3. The zero-order valence-electron chi connectivity index (χ0n) is 15.4. The number of anilines is 2. The van der Waals surface area contributed by atoms with Crippen LogP contribution >= 0.6 is 0 Å². The van der Waals surface area contributed by atoms with Gasteiger partial charge in [0.25, 0.3) is 0 Å². The summed E-state index contributed by atoms with van der Waals surface area (Å²) >= 11 is 0. The molecule has 0 saturated carbocycles. The highest BCUT2D eigenvalue weighted by Crippen LogP contribution is 2.33. The molecule has 2 aromatic heterocycles. The van der Waals surface area contributed by atoms with Crippen LogP contribution in [0.5, 0.6) is 0 Å². The molecule has 152 valence electrons. The second-order valence-electron chi connectivity index (χ2n) is 6.09. The number of amides is 2. The van der Waals surface area contributed by atoms with Gasteiger partial charge in [-0.1, -0.05) is 30.0 Å². The van der Waals surface area contributed by atoms with E-state index in [1.165, 1.54) is 49.1 Å². The molecule has 2 amide bonds. The fourth-order valence-corrected chi connectivity index (χ4v) is 2.59. The van der Waals surface area contributed by atoms with Crippen LogP contribution < -0.4 is 16.4 Å². The third kappa shape index (κ3) is 5.02. The number of nitrogens with zero attached hydrogens (tertiary/aromatic N) is 4. The number of urea groups is 1. The smallest absolute Gasteiger partial charge is 0.368 e. The molecule has 4 N–H and O–H groups in total. The first-order valence-corrected chi connectivity index (χ1v) is 8.50. The molecule has 3 aromatic rings. The highest BCUT2D eigenvalue weighted by atomic mass is 19.4. The van der Waals surface area contributed by atoms with Gasteiger partial charge in [0.05, 0.1) is 29.6 Å². The summed E-state index contributed by atoms with van der Waals surface area (Å²) < 4.78 is 39.8. The Bertz CT molecular complexity index is 1120. The highest BCUT2D eigenvalue weighted by Gasteiger charge is 2.33. The summed E-state index contributed by atoms with van der Waals surface area (Å²) in [5, 5.41) is 0. The molecule has 2 heterocycles. The molecule has 0 unspecified atom stereocenters. The Kier molecular flexibility index (Phi) is 5.83. The Morgan fingerprint density at radius 2 is 1.70 bits per heavy atom. The standard InChI is InChI=1S/C20H15F3N6O/c21-20(22,23)17-4-2-1-3-15(17)12-29(19(25)30)16-7-13(8-26-11-16)5-6-14-9-27-18(24)28-10-14/h1-4,7-11H,12H2,(H2,25,30)(H2,24,27,28). The molecule has 30 heavy (non-hydrogen) atoms. The van der Waals surface area contributed by atoms with Crippen molar-refractivity contribution in [2.75, 3.05) is 10.6 Å². The van der Waals surface area contributed by atoms with Gasteiger partial charge in [-0.25, -0.2) is 14.8 Å². The lowest BCUT2D eigenvalue weighted by Gasteiger charge is -2.22. The van der Waals surface area contributed by atoms with Crippen LogP contribution in [0.15, 0.2) is 55.1 Å². The minimum Gasteiger partial charge on any atom is -0.368 e. The van der Waals surface area contributed by atoms with E-state index in [4.69, 9.17) is 11.5 Å². The quantitative estimate of drug-likeness (QED) is 0.643. The van der Waals surface area contributed by atoms with E-state index in [1.54, 1.807) is 0 Å². The number of nitrogen functional groups attached to an aromatic ring is 1. The lowest BCUT2D eigenvalue weighted by atomic mass is 10.1. The van der Waals surface area contributed by atoms with Gasteiger partial charge in [-0.3, -0.25) is 9.88 Å². The topological polar surface area (TPSA) is 111 Å². The van der Waals surface area contributed by atoms with E-state index >= 15 is 0 Å². The minimum absolute atomic E-state index is 0.0979. The molecule has 0 saturated heterocycles. The molecule has 7 nitrogen and oxygen atoms in total. The van der Waals surface area contributed by atoms with Crippen LogP contribution in [0.3, 0.4) is 0 Å². The monoisotopic (exact) mass is 412 g/mol. The fourth-order valence-electron chi connectivity index (χ4n) is 2.59. The van der Waals surface area contributed by atoms with Gasteiger partial charge in [-0.15, -0.1) is 0 Å². The normalized spacial score (nSPS) is 10.8. The molecule has 0 atom stereocenters. The molecule has 0 aliphatic heterocycles. The molecule has 0 aliphatic rings. The van der Waals surface area contributed by atoms with Gasteiger partial charge >= 0.3 is 12.2 Å². The van der Waals surface area contributed by atoms with E-state index in [2.05, 4.69) is 26.8 Å². The summed E-state index contributed by atoms with van der Waals surface area (Å²) in [6, 6.07) is 5.54. The third-order valence-corrected chi connectivity index (χ3v) is 3.98. The SMILES string of the molecule is NC(=O)N(Cc1ccccc1C(F)(F)F)c1cncc(C#Cc2cnc(N)nc2)c1. The summed E-state index contributed by atoms with van der Waals surface area (Å²) in [6.45, 7) is -0.380. The molecule has 0 bridgehead atoms. The first-order valence-electron chi connectivity index (χ1n) is 8.50. The predicted molar refractivity (Wildman–Crippen MR) is 104 cm³/mol. The Balaban J connectivity index is 1.91. The molecule has 10 heteroatoms. The second kappa shape index (κ2) is 8.48. The van der Waals surface area contributed by atoms with Crippen molar-refractivity contribution in [2.45, 2.75) is 12.7 Å². The first-order chi connectivity index (χ1) is 14.2. The summed E-state index contributed by atoms with van der Waals surface area (Å²) in [6.07, 6.45) is 1.08. The Morgan fingerprint density at radius 3 is 2.37 bits per heavy atom. The van der Waals surface area contributed by atoms with Crippen molar-refractivity contribution >= 4 is 17.7 Å². The number of carbonyl (C=O) groups excluding carboxylic acids is 1. The molecule has 0 aliphatic carbocycles. The molecular formula is C20H15F3N6O. The Labute approximate surface area is 169 Å². The number of primary amides is 1. The molecular weight excluding hydrogens is 397 g/mol. The number of benzene rings is 1. The van der Waals surface area contributed by atoms with Crippen LogP contribution in [0.4, 0.5) is 29.6 Å². The summed E-state index contributed by atoms with van der Waals surface area (Å²) in [7, 11) is 0. The average molecular weight is 412 g/mol. The van der Waals surface area contributed by atoms with Gasteiger partial charge < -0.3 is 11.5 Å². The number of pyridine rings is 1. The summed E-state index contributed by atoms with van der Waals surface area (Å²) in [5.41, 5.74) is 11.0. The first kappa shape index (κ1) is 20.6. The maximum atomic E-state index is 13.3. The van der Waals surface area contributed by atoms with Crippen LogP contribution in [-0.4, -0.2) is 21.0 Å². The van der Waals surface area contributed by atoms with Crippen LogP contribution in [0.25, 0.3) is 0 Å².